The Morgan fingerprint density at radius 3 is 2.42 bits per heavy atom. The van der Waals surface area contributed by atoms with Crippen LogP contribution in [0.4, 0.5) is 18.9 Å². The van der Waals surface area contributed by atoms with E-state index in [9.17, 15) is 18.0 Å². The van der Waals surface area contributed by atoms with Gasteiger partial charge in [0.15, 0.2) is 0 Å². The zero-order valence-electron chi connectivity index (χ0n) is 14.5. The van der Waals surface area contributed by atoms with Crippen LogP contribution < -0.4 is 10.2 Å². The monoisotopic (exact) mass is 372 g/mol. The van der Waals surface area contributed by atoms with Gasteiger partial charge in [-0.3, -0.25) is 4.79 Å². The number of ether oxygens (including phenoxy) is 2. The summed E-state index contributed by atoms with van der Waals surface area (Å²) in [5.41, 5.74) is -0.0937. The first-order valence-electron chi connectivity index (χ1n) is 8.83. The number of carbonyl (C=O) groups excluding carboxylic acids is 1. The zero-order valence-corrected chi connectivity index (χ0v) is 14.5. The predicted molar refractivity (Wildman–Crippen MR) is 89.9 cm³/mol. The molecule has 0 radical (unpaired) electrons. The number of hydrogen-bond donors (Lipinski definition) is 1. The molecular formula is C18H23F3N2O3. The number of nitrogens with one attached hydrogen (secondary N) is 1. The molecule has 0 saturated carbocycles. The normalized spacial score (nSPS) is 19.4. The zero-order chi connectivity index (χ0) is 18.6. The number of benzene rings is 1. The van der Waals surface area contributed by atoms with Gasteiger partial charge in [-0.05, 0) is 30.5 Å². The maximum absolute atomic E-state index is 13.5. The quantitative estimate of drug-likeness (QED) is 0.883. The van der Waals surface area contributed by atoms with Crippen LogP contribution in [0.5, 0.6) is 0 Å². The third-order valence-corrected chi connectivity index (χ3v) is 4.82. The second-order valence-corrected chi connectivity index (χ2v) is 6.54. The van der Waals surface area contributed by atoms with Crippen molar-refractivity contribution in [3.05, 3.63) is 29.3 Å². The minimum Gasteiger partial charge on any atom is -0.381 e. The number of anilines is 1. The summed E-state index contributed by atoms with van der Waals surface area (Å²) in [5.74, 6) is -0.399. The molecule has 0 bridgehead atoms. The van der Waals surface area contributed by atoms with Crippen molar-refractivity contribution < 1.29 is 27.4 Å². The van der Waals surface area contributed by atoms with E-state index in [0.717, 1.165) is 0 Å². The minimum absolute atomic E-state index is 0.0786. The highest BCUT2D eigenvalue weighted by molar-refractivity contribution is 5.78. The smallest absolute Gasteiger partial charge is 0.381 e. The van der Waals surface area contributed by atoms with Crippen LogP contribution in [0.25, 0.3) is 0 Å². The van der Waals surface area contributed by atoms with E-state index >= 15 is 0 Å². The van der Waals surface area contributed by atoms with Crippen molar-refractivity contribution in [2.24, 2.45) is 5.92 Å². The van der Waals surface area contributed by atoms with Crippen LogP contribution in [0, 0.1) is 5.92 Å². The van der Waals surface area contributed by atoms with E-state index in [0.29, 0.717) is 58.0 Å². The van der Waals surface area contributed by atoms with E-state index in [2.05, 4.69) is 5.32 Å². The lowest BCUT2D eigenvalue weighted by atomic mass is 9.99. The Morgan fingerprint density at radius 2 is 1.77 bits per heavy atom. The Bertz CT molecular complexity index is 625. The average Bonchev–Trinajstić information content (AvgIpc) is 2.66. The van der Waals surface area contributed by atoms with E-state index < -0.39 is 11.7 Å². The summed E-state index contributed by atoms with van der Waals surface area (Å²) < 4.78 is 51.0. The largest absolute Gasteiger partial charge is 0.416 e. The van der Waals surface area contributed by atoms with Gasteiger partial charge >= 0.3 is 6.18 Å². The Morgan fingerprint density at radius 1 is 1.12 bits per heavy atom. The van der Waals surface area contributed by atoms with Gasteiger partial charge < -0.3 is 19.7 Å². The lowest BCUT2D eigenvalue weighted by Crippen LogP contribution is -2.36. The Balaban J connectivity index is 1.72. The van der Waals surface area contributed by atoms with Crippen LogP contribution in [0.3, 0.4) is 0 Å². The van der Waals surface area contributed by atoms with Crippen LogP contribution >= 0.6 is 0 Å². The topological polar surface area (TPSA) is 50.8 Å². The summed E-state index contributed by atoms with van der Waals surface area (Å²) in [6.45, 7) is 3.04. The molecule has 1 aromatic rings. The molecule has 0 spiro atoms. The van der Waals surface area contributed by atoms with Gasteiger partial charge in [0.25, 0.3) is 0 Å². The molecule has 8 heteroatoms. The minimum atomic E-state index is -4.47. The van der Waals surface area contributed by atoms with E-state index in [1.165, 1.54) is 12.1 Å². The van der Waals surface area contributed by atoms with E-state index in [4.69, 9.17) is 9.47 Å². The standard InChI is InChI=1S/C18H23F3N2O3/c19-18(20,21)16-11-15(23-5-9-26-10-6-23)2-1-14(16)12-22-17(24)13-3-7-25-8-4-13/h1-2,11,13H,3-10,12H2,(H,22,24). The maximum atomic E-state index is 13.5. The summed E-state index contributed by atoms with van der Waals surface area (Å²) >= 11 is 0. The van der Waals surface area contributed by atoms with Gasteiger partial charge in [-0.15, -0.1) is 0 Å². The van der Waals surface area contributed by atoms with Crippen molar-refractivity contribution in [3.8, 4) is 0 Å². The molecule has 2 aliphatic heterocycles. The van der Waals surface area contributed by atoms with Crippen molar-refractivity contribution in [1.82, 2.24) is 5.32 Å². The summed E-state index contributed by atoms with van der Waals surface area (Å²) in [4.78, 5) is 14.1. The molecule has 0 unspecified atom stereocenters. The molecule has 2 heterocycles. The van der Waals surface area contributed by atoms with Gasteiger partial charge in [0.05, 0.1) is 18.8 Å². The number of morpholine rings is 1. The average molecular weight is 372 g/mol. The van der Waals surface area contributed by atoms with Crippen LogP contribution in [-0.4, -0.2) is 45.4 Å². The number of rotatable bonds is 4. The van der Waals surface area contributed by atoms with Crippen LogP contribution in [0.1, 0.15) is 24.0 Å². The third-order valence-electron chi connectivity index (χ3n) is 4.82. The second-order valence-electron chi connectivity index (χ2n) is 6.54. The van der Waals surface area contributed by atoms with Crippen molar-refractivity contribution in [2.45, 2.75) is 25.6 Å². The lowest BCUT2D eigenvalue weighted by molar-refractivity contribution is -0.138. The molecule has 144 valence electrons. The molecule has 1 amide bonds. The molecule has 0 atom stereocenters. The first-order valence-corrected chi connectivity index (χ1v) is 8.83. The van der Waals surface area contributed by atoms with Gasteiger partial charge in [0.1, 0.15) is 0 Å². The Hall–Kier alpha value is -1.80. The molecule has 3 rings (SSSR count). The second kappa shape index (κ2) is 8.26. The van der Waals surface area contributed by atoms with Gasteiger partial charge in [-0.25, -0.2) is 0 Å². The molecule has 0 aliphatic carbocycles. The molecule has 2 fully saturated rings. The molecule has 1 aromatic carbocycles. The van der Waals surface area contributed by atoms with Crippen molar-refractivity contribution in [3.63, 3.8) is 0 Å². The predicted octanol–water partition coefficient (Wildman–Crippen LogP) is 2.58. The summed E-state index contributed by atoms with van der Waals surface area (Å²) in [5, 5.41) is 2.65. The van der Waals surface area contributed by atoms with Crippen molar-refractivity contribution in [2.75, 3.05) is 44.4 Å². The first-order chi connectivity index (χ1) is 12.4. The fourth-order valence-corrected chi connectivity index (χ4v) is 3.29. The van der Waals surface area contributed by atoms with Gasteiger partial charge in [0.2, 0.25) is 5.91 Å². The number of amides is 1. The van der Waals surface area contributed by atoms with Gasteiger partial charge in [-0.2, -0.15) is 13.2 Å². The van der Waals surface area contributed by atoms with Crippen molar-refractivity contribution in [1.29, 1.82) is 0 Å². The number of hydrogen-bond acceptors (Lipinski definition) is 4. The Labute approximate surface area is 150 Å². The van der Waals surface area contributed by atoms with E-state index in [1.807, 2.05) is 4.90 Å². The number of alkyl halides is 3. The summed E-state index contributed by atoms with van der Waals surface area (Å²) in [6, 6.07) is 4.30. The van der Waals surface area contributed by atoms with E-state index in [-0.39, 0.29) is 23.9 Å². The third kappa shape index (κ3) is 4.67. The van der Waals surface area contributed by atoms with Crippen LogP contribution in [-0.2, 0) is 27.0 Å². The fourth-order valence-electron chi connectivity index (χ4n) is 3.29. The van der Waals surface area contributed by atoms with E-state index in [1.54, 1.807) is 6.07 Å². The fraction of sp³-hybridized carbons (Fsp3) is 0.611. The highest BCUT2D eigenvalue weighted by Gasteiger charge is 2.34. The lowest BCUT2D eigenvalue weighted by Gasteiger charge is -2.30. The summed E-state index contributed by atoms with van der Waals surface area (Å²) in [6.07, 6.45) is -3.26. The number of nitrogens with zero attached hydrogens (tertiary/aromatic N) is 1. The molecule has 5 nitrogen and oxygen atoms in total. The molecular weight excluding hydrogens is 349 g/mol. The summed E-state index contributed by atoms with van der Waals surface area (Å²) in [7, 11) is 0. The van der Waals surface area contributed by atoms with Crippen LogP contribution in [0.15, 0.2) is 18.2 Å². The van der Waals surface area contributed by atoms with Gasteiger partial charge in [0, 0.05) is 44.5 Å². The Kier molecular flexibility index (Phi) is 6.03. The molecule has 2 aliphatic rings. The first kappa shape index (κ1) is 19.0. The molecule has 1 N–H and O–H groups in total. The maximum Gasteiger partial charge on any atom is 0.416 e. The molecule has 26 heavy (non-hydrogen) atoms. The van der Waals surface area contributed by atoms with Gasteiger partial charge in [-0.1, -0.05) is 6.07 Å². The highest BCUT2D eigenvalue weighted by atomic mass is 19.4. The molecule has 2 saturated heterocycles. The highest BCUT2D eigenvalue weighted by Crippen LogP contribution is 2.35. The van der Waals surface area contributed by atoms with Crippen LogP contribution in [0.2, 0.25) is 0 Å². The SMILES string of the molecule is O=C(NCc1ccc(N2CCOCC2)cc1C(F)(F)F)C1CCOCC1. The van der Waals surface area contributed by atoms with Crippen molar-refractivity contribution >= 4 is 11.6 Å². The number of halogens is 3. The number of carbonyl (C=O) groups is 1. The molecule has 0 aromatic heterocycles.